The van der Waals surface area contributed by atoms with Crippen LogP contribution in [0.3, 0.4) is 0 Å². The summed E-state index contributed by atoms with van der Waals surface area (Å²) in [6.07, 6.45) is 0. The van der Waals surface area contributed by atoms with Gasteiger partial charge >= 0.3 is 0 Å². The normalized spacial score (nSPS) is 11.2. The fraction of sp³-hybridized carbons (Fsp3) is 0.0769. The van der Waals surface area contributed by atoms with Crippen molar-refractivity contribution in [2.24, 2.45) is 0 Å². The first-order valence-corrected chi connectivity index (χ1v) is 8.82. The first-order chi connectivity index (χ1) is 9.83. The Hall–Kier alpha value is -1.25. The molecule has 0 aliphatic carbocycles. The smallest absolute Gasteiger partial charge is 0.263 e. The Balaban J connectivity index is 2.40. The molecule has 0 atom stereocenters. The monoisotopic (exact) mass is 434 g/mol. The number of halogens is 2. The highest BCUT2D eigenvalue weighted by Crippen LogP contribution is 2.30. The van der Waals surface area contributed by atoms with Crippen molar-refractivity contribution in [2.75, 3.05) is 17.6 Å². The van der Waals surface area contributed by atoms with Gasteiger partial charge in [-0.15, -0.1) is 0 Å². The van der Waals surface area contributed by atoms with E-state index in [1.165, 1.54) is 13.2 Å². The third kappa shape index (κ3) is 3.69. The Labute approximate surface area is 139 Å². The van der Waals surface area contributed by atoms with Gasteiger partial charge in [0.25, 0.3) is 10.0 Å². The molecule has 0 saturated carbocycles. The van der Waals surface area contributed by atoms with Crippen LogP contribution in [0.25, 0.3) is 0 Å². The van der Waals surface area contributed by atoms with Gasteiger partial charge in [0.15, 0.2) is 0 Å². The minimum absolute atomic E-state index is 0.118. The Morgan fingerprint density at radius 1 is 1.14 bits per heavy atom. The molecule has 0 radical (unpaired) electrons. The number of rotatable bonds is 4. The summed E-state index contributed by atoms with van der Waals surface area (Å²) in [6.45, 7) is 0. The van der Waals surface area contributed by atoms with Gasteiger partial charge in [-0.25, -0.2) is 8.42 Å². The van der Waals surface area contributed by atoms with Gasteiger partial charge in [0, 0.05) is 15.0 Å². The Kier molecular flexibility index (Phi) is 4.80. The van der Waals surface area contributed by atoms with Crippen LogP contribution in [0.1, 0.15) is 0 Å². The molecule has 8 heteroatoms. The zero-order chi connectivity index (χ0) is 15.6. The fourth-order valence-corrected chi connectivity index (χ4v) is 4.23. The predicted molar refractivity (Wildman–Crippen MR) is 90.1 cm³/mol. The lowest BCUT2D eigenvalue weighted by Gasteiger charge is -2.12. The molecule has 0 aliphatic rings. The maximum absolute atomic E-state index is 12.4. The van der Waals surface area contributed by atoms with E-state index in [2.05, 4.69) is 36.6 Å². The number of nitrogen functional groups attached to an aromatic ring is 1. The molecule has 0 unspecified atom stereocenters. The van der Waals surface area contributed by atoms with Crippen molar-refractivity contribution in [3.8, 4) is 5.75 Å². The van der Waals surface area contributed by atoms with E-state index in [1.807, 2.05) is 0 Å². The van der Waals surface area contributed by atoms with Crippen molar-refractivity contribution in [1.29, 1.82) is 0 Å². The van der Waals surface area contributed by atoms with Crippen LogP contribution < -0.4 is 15.2 Å². The molecule has 0 aromatic heterocycles. The molecule has 21 heavy (non-hydrogen) atoms. The number of ether oxygens (including phenoxy) is 1. The summed E-state index contributed by atoms with van der Waals surface area (Å²) in [7, 11) is -2.25. The van der Waals surface area contributed by atoms with Crippen LogP contribution in [0, 0.1) is 0 Å². The van der Waals surface area contributed by atoms with E-state index in [-0.39, 0.29) is 10.6 Å². The second-order valence-corrected chi connectivity index (χ2v) is 7.55. The maximum atomic E-state index is 12.4. The number of sulfonamides is 1. The number of benzene rings is 2. The van der Waals surface area contributed by atoms with Crippen LogP contribution in [-0.2, 0) is 10.0 Å². The number of hydrogen-bond donors (Lipinski definition) is 2. The molecule has 0 saturated heterocycles. The minimum Gasteiger partial charge on any atom is -0.497 e. The topological polar surface area (TPSA) is 81.4 Å². The lowest BCUT2D eigenvalue weighted by Crippen LogP contribution is -2.14. The summed E-state index contributed by atoms with van der Waals surface area (Å²) in [5.41, 5.74) is 6.40. The zero-order valence-electron chi connectivity index (χ0n) is 10.9. The van der Waals surface area contributed by atoms with Gasteiger partial charge in [0.05, 0.1) is 18.5 Å². The van der Waals surface area contributed by atoms with Crippen LogP contribution in [-0.4, -0.2) is 15.5 Å². The summed E-state index contributed by atoms with van der Waals surface area (Å²) < 4.78 is 33.5. The maximum Gasteiger partial charge on any atom is 0.263 e. The van der Waals surface area contributed by atoms with Crippen LogP contribution in [0.2, 0.25) is 0 Å². The fourth-order valence-electron chi connectivity index (χ4n) is 1.64. The summed E-state index contributed by atoms with van der Waals surface area (Å²) in [6, 6.07) is 9.63. The first-order valence-electron chi connectivity index (χ1n) is 5.75. The van der Waals surface area contributed by atoms with Crippen molar-refractivity contribution in [3.63, 3.8) is 0 Å². The van der Waals surface area contributed by atoms with Crippen LogP contribution in [0.4, 0.5) is 11.4 Å². The molecule has 0 aliphatic heterocycles. The number of nitrogens with two attached hydrogens (primary N) is 1. The second-order valence-electron chi connectivity index (χ2n) is 4.13. The van der Waals surface area contributed by atoms with Crippen LogP contribution >= 0.6 is 31.9 Å². The van der Waals surface area contributed by atoms with Gasteiger partial charge in [-0.1, -0.05) is 15.9 Å². The molecule has 0 spiro atoms. The van der Waals surface area contributed by atoms with Gasteiger partial charge in [0.2, 0.25) is 0 Å². The van der Waals surface area contributed by atoms with Gasteiger partial charge in [-0.05, 0) is 46.3 Å². The molecular formula is C13H12Br2N2O3S. The van der Waals surface area contributed by atoms with E-state index in [1.54, 1.807) is 30.3 Å². The highest BCUT2D eigenvalue weighted by Gasteiger charge is 2.19. The lowest BCUT2D eigenvalue weighted by molar-refractivity contribution is 0.415. The molecule has 5 nitrogen and oxygen atoms in total. The largest absolute Gasteiger partial charge is 0.497 e. The van der Waals surface area contributed by atoms with E-state index in [4.69, 9.17) is 10.5 Å². The van der Waals surface area contributed by atoms with Crippen molar-refractivity contribution >= 4 is 53.3 Å². The molecule has 2 rings (SSSR count). The Morgan fingerprint density at radius 3 is 2.48 bits per heavy atom. The second kappa shape index (κ2) is 6.25. The molecule has 0 fully saturated rings. The van der Waals surface area contributed by atoms with Crippen molar-refractivity contribution in [2.45, 2.75) is 4.90 Å². The molecular weight excluding hydrogens is 424 g/mol. The minimum atomic E-state index is -3.76. The molecule has 0 amide bonds. The average molecular weight is 436 g/mol. The van der Waals surface area contributed by atoms with Crippen LogP contribution in [0.15, 0.2) is 50.2 Å². The number of anilines is 2. The SMILES string of the molecule is COc1ccc(NS(=O)(=O)c2cc(Br)ccc2Br)c(N)c1. The van der Waals surface area contributed by atoms with Crippen LogP contribution in [0.5, 0.6) is 5.75 Å². The number of methoxy groups -OCH3 is 1. The molecule has 0 heterocycles. The zero-order valence-corrected chi connectivity index (χ0v) is 14.9. The summed E-state index contributed by atoms with van der Waals surface area (Å²) >= 11 is 6.48. The van der Waals surface area contributed by atoms with Gasteiger partial charge in [0.1, 0.15) is 10.6 Å². The Bertz CT molecular complexity index is 779. The third-order valence-electron chi connectivity index (χ3n) is 2.69. The summed E-state index contributed by atoms with van der Waals surface area (Å²) in [4.78, 5) is 0.118. The highest BCUT2D eigenvalue weighted by molar-refractivity contribution is 9.11. The molecule has 2 aromatic rings. The van der Waals surface area contributed by atoms with Gasteiger partial charge in [-0.2, -0.15) is 0 Å². The molecule has 3 N–H and O–H groups in total. The first kappa shape index (κ1) is 16.1. The lowest BCUT2D eigenvalue weighted by atomic mass is 10.2. The van der Waals surface area contributed by atoms with Crippen molar-refractivity contribution in [3.05, 3.63) is 45.3 Å². The van der Waals surface area contributed by atoms with Gasteiger partial charge < -0.3 is 10.5 Å². The average Bonchev–Trinajstić information content (AvgIpc) is 2.43. The third-order valence-corrected chi connectivity index (χ3v) is 5.54. The van der Waals surface area contributed by atoms with Gasteiger partial charge in [-0.3, -0.25) is 4.72 Å². The quantitative estimate of drug-likeness (QED) is 0.718. The van der Waals surface area contributed by atoms with E-state index < -0.39 is 10.0 Å². The molecule has 112 valence electrons. The summed E-state index contributed by atoms with van der Waals surface area (Å²) in [5.74, 6) is 0.555. The Morgan fingerprint density at radius 2 is 1.86 bits per heavy atom. The highest BCUT2D eigenvalue weighted by atomic mass is 79.9. The standard InChI is InChI=1S/C13H12Br2N2O3S/c1-20-9-3-5-12(11(16)7-9)17-21(18,19)13-6-8(14)2-4-10(13)15/h2-7,17H,16H2,1H3. The predicted octanol–water partition coefficient (Wildman–Crippen LogP) is 3.60. The number of hydrogen-bond acceptors (Lipinski definition) is 4. The van der Waals surface area contributed by atoms with E-state index in [0.717, 1.165) is 0 Å². The van der Waals surface area contributed by atoms with Crippen molar-refractivity contribution in [1.82, 2.24) is 0 Å². The van der Waals surface area contributed by atoms with E-state index in [9.17, 15) is 8.42 Å². The van der Waals surface area contributed by atoms with E-state index in [0.29, 0.717) is 20.4 Å². The molecule has 0 bridgehead atoms. The molecule has 2 aromatic carbocycles. The number of nitrogens with one attached hydrogen (secondary N) is 1. The van der Waals surface area contributed by atoms with Crippen molar-refractivity contribution < 1.29 is 13.2 Å². The van der Waals surface area contributed by atoms with E-state index >= 15 is 0 Å². The summed E-state index contributed by atoms with van der Waals surface area (Å²) in [5, 5.41) is 0.